The van der Waals surface area contributed by atoms with Gasteiger partial charge in [-0.25, -0.2) is 4.99 Å². The quantitative estimate of drug-likeness (QED) is 0.363. The normalized spacial score (nSPS) is 18.0. The lowest BCUT2D eigenvalue weighted by Crippen LogP contribution is -2.45. The summed E-state index contributed by atoms with van der Waals surface area (Å²) in [4.78, 5) is 18.3. The summed E-state index contributed by atoms with van der Waals surface area (Å²) < 4.78 is 5.86. The molecule has 146 valence electrons. The molecule has 1 aliphatic heterocycles. The number of halogens is 1. The lowest BCUT2D eigenvalue weighted by atomic mass is 10.3. The van der Waals surface area contributed by atoms with Crippen molar-refractivity contribution < 1.29 is 9.53 Å². The Morgan fingerprint density at radius 2 is 2.08 bits per heavy atom. The van der Waals surface area contributed by atoms with Crippen LogP contribution in [0.5, 0.6) is 5.75 Å². The highest BCUT2D eigenvalue weighted by molar-refractivity contribution is 14.0. The summed E-state index contributed by atoms with van der Waals surface area (Å²) in [6.45, 7) is 8.88. The number of guanidine groups is 1. The molecule has 26 heavy (non-hydrogen) atoms. The van der Waals surface area contributed by atoms with Gasteiger partial charge in [0.15, 0.2) is 5.96 Å². The van der Waals surface area contributed by atoms with Crippen molar-refractivity contribution in [3.8, 4) is 5.75 Å². The topological polar surface area (TPSA) is 66.0 Å². The monoisotopic (exact) mass is 474 g/mol. The SMILES string of the molecule is CCNC(=NCC(C)Oc1ccccc1)NC1CCN(C(=O)CC)C1.I. The maximum Gasteiger partial charge on any atom is 0.222 e. The molecule has 1 aromatic carbocycles. The van der Waals surface area contributed by atoms with Crippen molar-refractivity contribution in [3.63, 3.8) is 0 Å². The van der Waals surface area contributed by atoms with E-state index >= 15 is 0 Å². The van der Waals surface area contributed by atoms with Gasteiger partial charge in [-0.05, 0) is 32.4 Å². The second-order valence-corrected chi connectivity index (χ2v) is 6.28. The number of nitrogens with zero attached hydrogens (tertiary/aromatic N) is 2. The van der Waals surface area contributed by atoms with E-state index in [0.29, 0.717) is 13.0 Å². The van der Waals surface area contributed by atoms with Crippen molar-refractivity contribution in [2.24, 2.45) is 4.99 Å². The molecule has 2 unspecified atom stereocenters. The van der Waals surface area contributed by atoms with E-state index in [1.54, 1.807) is 0 Å². The Morgan fingerprint density at radius 1 is 1.35 bits per heavy atom. The van der Waals surface area contributed by atoms with Gasteiger partial charge in [0.2, 0.25) is 5.91 Å². The molecule has 2 N–H and O–H groups in total. The van der Waals surface area contributed by atoms with E-state index in [9.17, 15) is 4.79 Å². The van der Waals surface area contributed by atoms with Crippen molar-refractivity contribution in [3.05, 3.63) is 30.3 Å². The number of likely N-dealkylation sites (tertiary alicyclic amines) is 1. The Hall–Kier alpha value is -1.51. The van der Waals surface area contributed by atoms with Crippen LogP contribution in [0.4, 0.5) is 0 Å². The van der Waals surface area contributed by atoms with Crippen molar-refractivity contribution >= 4 is 35.8 Å². The molecule has 1 saturated heterocycles. The van der Waals surface area contributed by atoms with Crippen LogP contribution in [0.1, 0.15) is 33.6 Å². The number of amides is 1. The minimum Gasteiger partial charge on any atom is -0.489 e. The van der Waals surface area contributed by atoms with Crippen molar-refractivity contribution in [1.29, 1.82) is 0 Å². The molecule has 1 aromatic rings. The predicted octanol–water partition coefficient (Wildman–Crippen LogP) is 2.64. The number of para-hydroxylation sites is 1. The minimum absolute atomic E-state index is 0. The molecule has 0 aliphatic carbocycles. The molecule has 1 heterocycles. The van der Waals surface area contributed by atoms with Crippen LogP contribution in [-0.4, -0.2) is 55.1 Å². The second kappa shape index (κ2) is 12.0. The minimum atomic E-state index is -0.0143. The van der Waals surface area contributed by atoms with Gasteiger partial charge in [0, 0.05) is 32.1 Å². The molecule has 6 nitrogen and oxygen atoms in total. The fourth-order valence-corrected chi connectivity index (χ4v) is 2.83. The standard InChI is InChI=1S/C19H30N4O2.HI/c1-4-18(24)23-12-11-16(14-23)22-19(20-5-2)21-13-15(3)25-17-9-7-6-8-10-17;/h6-10,15-16H,4-5,11-14H2,1-3H3,(H2,20,21,22);1H. The van der Waals surface area contributed by atoms with Gasteiger partial charge in [0.25, 0.3) is 0 Å². The molecule has 1 fully saturated rings. The number of rotatable bonds is 7. The lowest BCUT2D eigenvalue weighted by Gasteiger charge is -2.19. The van der Waals surface area contributed by atoms with Crippen molar-refractivity contribution in [2.75, 3.05) is 26.2 Å². The Bertz CT molecular complexity index is 568. The molecule has 7 heteroatoms. The number of hydrogen-bond donors (Lipinski definition) is 2. The number of aliphatic imine (C=N–C) groups is 1. The van der Waals surface area contributed by atoms with E-state index in [2.05, 4.69) is 15.6 Å². The van der Waals surface area contributed by atoms with Crippen molar-refractivity contribution in [1.82, 2.24) is 15.5 Å². The molecule has 0 saturated carbocycles. The third-order valence-corrected chi connectivity index (χ3v) is 4.12. The number of ether oxygens (including phenoxy) is 1. The zero-order valence-electron chi connectivity index (χ0n) is 15.9. The summed E-state index contributed by atoms with van der Waals surface area (Å²) in [6.07, 6.45) is 1.50. The number of benzene rings is 1. The van der Waals surface area contributed by atoms with Gasteiger partial charge < -0.3 is 20.3 Å². The van der Waals surface area contributed by atoms with Crippen LogP contribution in [0, 0.1) is 0 Å². The molecule has 0 bridgehead atoms. The summed E-state index contributed by atoms with van der Waals surface area (Å²) in [6, 6.07) is 10.0. The fraction of sp³-hybridized carbons (Fsp3) is 0.579. The molecular formula is C19H31IN4O2. The second-order valence-electron chi connectivity index (χ2n) is 6.28. The highest BCUT2D eigenvalue weighted by Crippen LogP contribution is 2.12. The summed E-state index contributed by atoms with van der Waals surface area (Å²) >= 11 is 0. The van der Waals surface area contributed by atoms with Gasteiger partial charge >= 0.3 is 0 Å². The van der Waals surface area contributed by atoms with Crippen LogP contribution in [-0.2, 0) is 4.79 Å². The van der Waals surface area contributed by atoms with Crippen molar-refractivity contribution in [2.45, 2.75) is 45.8 Å². The van der Waals surface area contributed by atoms with E-state index in [1.165, 1.54) is 0 Å². The summed E-state index contributed by atoms with van der Waals surface area (Å²) in [5.41, 5.74) is 0. The first-order chi connectivity index (χ1) is 12.1. The number of nitrogens with one attached hydrogen (secondary N) is 2. The molecule has 1 amide bonds. The van der Waals surface area contributed by atoms with Gasteiger partial charge in [0.1, 0.15) is 11.9 Å². The largest absolute Gasteiger partial charge is 0.489 e. The van der Waals surface area contributed by atoms with E-state index in [-0.39, 0.29) is 42.0 Å². The van der Waals surface area contributed by atoms with Crippen LogP contribution in [0.3, 0.4) is 0 Å². The van der Waals surface area contributed by atoms with E-state index in [1.807, 2.05) is 56.0 Å². The zero-order chi connectivity index (χ0) is 18.1. The third-order valence-electron chi connectivity index (χ3n) is 4.12. The van der Waals surface area contributed by atoms with Gasteiger partial charge in [-0.2, -0.15) is 0 Å². The van der Waals surface area contributed by atoms with E-state index < -0.39 is 0 Å². The van der Waals surface area contributed by atoms with Gasteiger partial charge in [0.05, 0.1) is 6.54 Å². The molecular weight excluding hydrogens is 443 g/mol. The molecule has 2 rings (SSSR count). The maximum absolute atomic E-state index is 11.8. The van der Waals surface area contributed by atoms with Crippen LogP contribution in [0.25, 0.3) is 0 Å². The van der Waals surface area contributed by atoms with E-state index in [4.69, 9.17) is 4.74 Å². The average molecular weight is 474 g/mol. The lowest BCUT2D eigenvalue weighted by molar-refractivity contribution is -0.129. The Labute approximate surface area is 173 Å². The van der Waals surface area contributed by atoms with Gasteiger partial charge in [-0.15, -0.1) is 24.0 Å². The van der Waals surface area contributed by atoms with E-state index in [0.717, 1.165) is 37.8 Å². The smallest absolute Gasteiger partial charge is 0.222 e. The Kier molecular flexibility index (Phi) is 10.4. The average Bonchev–Trinajstić information content (AvgIpc) is 3.08. The molecule has 2 atom stereocenters. The predicted molar refractivity (Wildman–Crippen MR) is 116 cm³/mol. The molecule has 0 radical (unpaired) electrons. The summed E-state index contributed by atoms with van der Waals surface area (Å²) in [5.74, 6) is 1.85. The first-order valence-corrected chi connectivity index (χ1v) is 9.16. The Morgan fingerprint density at radius 3 is 2.73 bits per heavy atom. The van der Waals surface area contributed by atoms with Gasteiger partial charge in [-0.1, -0.05) is 25.1 Å². The first kappa shape index (κ1) is 22.5. The first-order valence-electron chi connectivity index (χ1n) is 9.16. The molecule has 0 spiro atoms. The fourth-order valence-electron chi connectivity index (χ4n) is 2.83. The highest BCUT2D eigenvalue weighted by atomic mass is 127. The number of carbonyl (C=O) groups is 1. The van der Waals surface area contributed by atoms with Crippen LogP contribution >= 0.6 is 24.0 Å². The molecule has 0 aromatic heterocycles. The summed E-state index contributed by atoms with van der Waals surface area (Å²) in [5, 5.41) is 6.70. The highest BCUT2D eigenvalue weighted by Gasteiger charge is 2.25. The summed E-state index contributed by atoms with van der Waals surface area (Å²) in [7, 11) is 0. The van der Waals surface area contributed by atoms with Crippen LogP contribution in [0.2, 0.25) is 0 Å². The zero-order valence-corrected chi connectivity index (χ0v) is 18.2. The number of hydrogen-bond acceptors (Lipinski definition) is 3. The number of carbonyl (C=O) groups excluding carboxylic acids is 1. The third kappa shape index (κ3) is 7.39. The van der Waals surface area contributed by atoms with Gasteiger partial charge in [-0.3, -0.25) is 4.79 Å². The maximum atomic E-state index is 11.8. The van der Waals surface area contributed by atoms with Crippen LogP contribution < -0.4 is 15.4 Å². The Balaban J connectivity index is 0.00000338. The molecule has 1 aliphatic rings. The van der Waals surface area contributed by atoms with Crippen LogP contribution in [0.15, 0.2) is 35.3 Å².